The van der Waals surface area contributed by atoms with Gasteiger partial charge in [-0.2, -0.15) is 0 Å². The summed E-state index contributed by atoms with van der Waals surface area (Å²) in [6, 6.07) is 16.8. The molecule has 21 heavy (non-hydrogen) atoms. The topological polar surface area (TPSA) is 37.4 Å². The van der Waals surface area contributed by atoms with Crippen LogP contribution in [0.1, 0.15) is 10.8 Å². The Morgan fingerprint density at radius 2 is 1.67 bits per heavy atom. The molecule has 3 nitrogen and oxygen atoms in total. The molecule has 0 radical (unpaired) electrons. The van der Waals surface area contributed by atoms with Gasteiger partial charge in [0.25, 0.3) is 5.91 Å². The highest BCUT2D eigenvalue weighted by Gasteiger charge is 2.36. The Morgan fingerprint density at radius 3 is 2.33 bits per heavy atom. The zero-order chi connectivity index (χ0) is 14.8. The molecule has 0 saturated carbocycles. The lowest BCUT2D eigenvalue weighted by molar-refractivity contribution is -0.125. The monoisotopic (exact) mass is 361 g/mol. The van der Waals surface area contributed by atoms with E-state index in [-0.39, 0.29) is 17.1 Å². The van der Waals surface area contributed by atoms with E-state index in [4.69, 9.17) is 0 Å². The molecule has 0 N–H and O–H groups in total. The summed E-state index contributed by atoms with van der Waals surface area (Å²) in [6.45, 7) is 0. The van der Waals surface area contributed by atoms with E-state index >= 15 is 0 Å². The summed E-state index contributed by atoms with van der Waals surface area (Å²) >= 11 is 4.74. The molecule has 5 heteroatoms. The van der Waals surface area contributed by atoms with Gasteiger partial charge in [-0.25, -0.2) is 4.90 Å². The molecule has 1 unspecified atom stereocenters. The quantitative estimate of drug-likeness (QED) is 0.763. The van der Waals surface area contributed by atoms with Gasteiger partial charge in [0.2, 0.25) is 5.91 Å². The van der Waals surface area contributed by atoms with Crippen molar-refractivity contribution in [3.05, 3.63) is 64.6 Å². The third-order valence-electron chi connectivity index (χ3n) is 3.25. The molecule has 1 fully saturated rings. The molecule has 0 bridgehead atoms. The van der Waals surface area contributed by atoms with Gasteiger partial charge in [0.15, 0.2) is 0 Å². The molecule has 0 aliphatic carbocycles. The van der Waals surface area contributed by atoms with Gasteiger partial charge in [-0.3, -0.25) is 9.59 Å². The van der Waals surface area contributed by atoms with Crippen molar-refractivity contribution in [1.82, 2.24) is 0 Å². The summed E-state index contributed by atoms with van der Waals surface area (Å²) in [5.74, 6) is -0.0364. The number of imide groups is 1. The number of rotatable bonds is 2. The van der Waals surface area contributed by atoms with Gasteiger partial charge >= 0.3 is 0 Å². The fourth-order valence-electron chi connectivity index (χ4n) is 2.26. The van der Waals surface area contributed by atoms with E-state index in [1.807, 2.05) is 42.5 Å². The van der Waals surface area contributed by atoms with Gasteiger partial charge in [-0.1, -0.05) is 46.3 Å². The summed E-state index contributed by atoms with van der Waals surface area (Å²) < 4.78 is 0.914. The molecule has 1 aliphatic rings. The van der Waals surface area contributed by atoms with Crippen LogP contribution in [0.25, 0.3) is 0 Å². The van der Waals surface area contributed by atoms with Crippen LogP contribution >= 0.6 is 27.7 Å². The number of hydrogen-bond donors (Lipinski definition) is 0. The maximum Gasteiger partial charge on any atom is 0.251 e. The van der Waals surface area contributed by atoms with Gasteiger partial charge in [-0.05, 0) is 29.8 Å². The maximum absolute atomic E-state index is 12.7. The lowest BCUT2D eigenvalue weighted by Crippen LogP contribution is -2.44. The Kier molecular flexibility index (Phi) is 4.12. The third kappa shape index (κ3) is 2.89. The first-order valence-corrected chi connectivity index (χ1v) is 8.30. The van der Waals surface area contributed by atoms with E-state index in [1.54, 1.807) is 12.1 Å². The average Bonchev–Trinajstić information content (AvgIpc) is 2.50. The standard InChI is InChI=1S/C16H12BrNO2S/c17-12-6-8-13(9-7-12)18-14(19)10-21-15(16(18)20)11-4-2-1-3-5-11/h1-9,15H,10H2. The second-order valence-corrected chi connectivity index (χ2v) is 6.65. The number of anilines is 1. The van der Waals surface area contributed by atoms with Crippen molar-refractivity contribution in [2.24, 2.45) is 0 Å². The molecule has 2 amide bonds. The number of halogens is 1. The van der Waals surface area contributed by atoms with Crippen LogP contribution in [0.3, 0.4) is 0 Å². The van der Waals surface area contributed by atoms with Crippen molar-refractivity contribution in [2.45, 2.75) is 5.25 Å². The fourth-order valence-corrected chi connectivity index (χ4v) is 3.56. The number of hydrogen-bond acceptors (Lipinski definition) is 3. The molecular formula is C16H12BrNO2S. The Labute approximate surface area is 135 Å². The number of carbonyl (C=O) groups is 2. The molecule has 0 aromatic heterocycles. The molecule has 1 aliphatic heterocycles. The van der Waals surface area contributed by atoms with Gasteiger partial charge in [0.05, 0.1) is 11.4 Å². The van der Waals surface area contributed by atoms with Crippen LogP contribution in [-0.2, 0) is 9.59 Å². The first-order chi connectivity index (χ1) is 10.2. The lowest BCUT2D eigenvalue weighted by Gasteiger charge is -2.30. The number of carbonyl (C=O) groups excluding carboxylic acids is 2. The SMILES string of the molecule is O=C1CSC(c2ccccc2)C(=O)N1c1ccc(Br)cc1. The lowest BCUT2D eigenvalue weighted by atomic mass is 10.1. The molecule has 2 aromatic carbocycles. The second kappa shape index (κ2) is 6.03. The van der Waals surface area contributed by atoms with Crippen LogP contribution in [-0.4, -0.2) is 17.6 Å². The zero-order valence-corrected chi connectivity index (χ0v) is 13.4. The molecule has 1 saturated heterocycles. The van der Waals surface area contributed by atoms with E-state index in [2.05, 4.69) is 15.9 Å². The molecule has 0 spiro atoms. The van der Waals surface area contributed by atoms with Crippen molar-refractivity contribution in [1.29, 1.82) is 0 Å². The van der Waals surface area contributed by atoms with E-state index in [0.717, 1.165) is 10.0 Å². The Morgan fingerprint density at radius 1 is 1.00 bits per heavy atom. The Hall–Kier alpha value is -1.59. The van der Waals surface area contributed by atoms with Crippen LogP contribution in [0, 0.1) is 0 Å². The second-order valence-electron chi connectivity index (χ2n) is 4.65. The minimum atomic E-state index is -0.326. The summed E-state index contributed by atoms with van der Waals surface area (Å²) in [4.78, 5) is 26.1. The van der Waals surface area contributed by atoms with Gasteiger partial charge in [0.1, 0.15) is 5.25 Å². The fraction of sp³-hybridized carbons (Fsp3) is 0.125. The normalized spacial score (nSPS) is 18.9. The number of thioether (sulfide) groups is 1. The largest absolute Gasteiger partial charge is 0.273 e. The van der Waals surface area contributed by atoms with Crippen LogP contribution < -0.4 is 4.90 Å². The molecule has 106 valence electrons. The smallest absolute Gasteiger partial charge is 0.251 e. The van der Waals surface area contributed by atoms with Crippen LogP contribution in [0.15, 0.2) is 59.1 Å². The van der Waals surface area contributed by atoms with Crippen LogP contribution in [0.4, 0.5) is 5.69 Å². The first-order valence-electron chi connectivity index (χ1n) is 6.46. The predicted octanol–water partition coefficient (Wildman–Crippen LogP) is 3.80. The van der Waals surface area contributed by atoms with Gasteiger partial charge in [0, 0.05) is 4.47 Å². The zero-order valence-electron chi connectivity index (χ0n) is 11.0. The summed E-state index contributed by atoms with van der Waals surface area (Å²) in [5, 5.41) is -0.326. The first kappa shape index (κ1) is 14.4. The summed E-state index contributed by atoms with van der Waals surface area (Å²) in [5.41, 5.74) is 1.55. The highest BCUT2D eigenvalue weighted by Crippen LogP contribution is 2.36. The molecule has 1 heterocycles. The Balaban J connectivity index is 1.94. The average molecular weight is 362 g/mol. The molecule has 3 rings (SSSR count). The van der Waals surface area contributed by atoms with E-state index in [1.165, 1.54) is 16.7 Å². The highest BCUT2D eigenvalue weighted by molar-refractivity contribution is 9.10. The van der Waals surface area contributed by atoms with Crippen molar-refractivity contribution < 1.29 is 9.59 Å². The summed E-state index contributed by atoms with van der Waals surface area (Å²) in [6.07, 6.45) is 0. The summed E-state index contributed by atoms with van der Waals surface area (Å²) in [7, 11) is 0. The van der Waals surface area contributed by atoms with Gasteiger partial charge in [-0.15, -0.1) is 11.8 Å². The van der Waals surface area contributed by atoms with Crippen molar-refractivity contribution in [2.75, 3.05) is 10.7 Å². The van der Waals surface area contributed by atoms with Crippen molar-refractivity contribution >= 4 is 45.2 Å². The van der Waals surface area contributed by atoms with Crippen molar-refractivity contribution in [3.63, 3.8) is 0 Å². The molecular weight excluding hydrogens is 350 g/mol. The van der Waals surface area contributed by atoms with E-state index < -0.39 is 0 Å². The predicted molar refractivity (Wildman–Crippen MR) is 88.3 cm³/mol. The number of nitrogens with zero attached hydrogens (tertiary/aromatic N) is 1. The highest BCUT2D eigenvalue weighted by atomic mass is 79.9. The molecule has 1 atom stereocenters. The molecule has 2 aromatic rings. The minimum Gasteiger partial charge on any atom is -0.273 e. The number of benzene rings is 2. The number of amides is 2. The van der Waals surface area contributed by atoms with E-state index in [0.29, 0.717) is 11.4 Å². The van der Waals surface area contributed by atoms with Gasteiger partial charge < -0.3 is 0 Å². The maximum atomic E-state index is 12.7. The van der Waals surface area contributed by atoms with Crippen molar-refractivity contribution in [3.8, 4) is 0 Å². The Bertz CT molecular complexity index is 672. The van der Waals surface area contributed by atoms with Crippen LogP contribution in [0.2, 0.25) is 0 Å². The third-order valence-corrected chi connectivity index (χ3v) is 5.00. The van der Waals surface area contributed by atoms with E-state index in [9.17, 15) is 9.59 Å². The minimum absolute atomic E-state index is 0.167. The van der Waals surface area contributed by atoms with Crippen LogP contribution in [0.5, 0.6) is 0 Å².